The highest BCUT2D eigenvalue weighted by molar-refractivity contribution is 7.86. The van der Waals surface area contributed by atoms with Gasteiger partial charge in [-0.05, 0) is 30.4 Å². The first kappa shape index (κ1) is 12.3. The number of hydrogen-bond acceptors (Lipinski definition) is 5. The Balaban J connectivity index is 2.16. The second-order valence-corrected chi connectivity index (χ2v) is 5.70. The van der Waals surface area contributed by atoms with Crippen molar-refractivity contribution in [2.45, 2.75) is 18.8 Å². The molecule has 6 heteroatoms. The van der Waals surface area contributed by atoms with Crippen LogP contribution in [0.4, 0.5) is 0 Å². The highest BCUT2D eigenvalue weighted by Crippen LogP contribution is 2.28. The Morgan fingerprint density at radius 3 is 2.71 bits per heavy atom. The van der Waals surface area contributed by atoms with Gasteiger partial charge >= 0.3 is 10.1 Å². The van der Waals surface area contributed by atoms with Crippen LogP contribution in [0.25, 0.3) is 0 Å². The molecule has 0 amide bonds. The summed E-state index contributed by atoms with van der Waals surface area (Å²) >= 11 is 0. The first-order chi connectivity index (χ1) is 8.04. The zero-order chi connectivity index (χ0) is 12.3. The monoisotopic (exact) mass is 257 g/mol. The van der Waals surface area contributed by atoms with Crippen molar-refractivity contribution in [3.63, 3.8) is 0 Å². The van der Waals surface area contributed by atoms with Crippen LogP contribution in [0, 0.1) is 0 Å². The SMILES string of the molecule is CS(=O)(=O)Oc1cncc(C2CCOCC2)c1. The fraction of sp³-hybridized carbons (Fsp3) is 0.545. The molecule has 0 radical (unpaired) electrons. The Labute approximate surface area is 101 Å². The molecule has 17 heavy (non-hydrogen) atoms. The Kier molecular flexibility index (Phi) is 3.63. The van der Waals surface area contributed by atoms with Crippen molar-refractivity contribution in [1.82, 2.24) is 4.98 Å². The molecule has 2 rings (SSSR count). The van der Waals surface area contributed by atoms with Crippen molar-refractivity contribution in [3.8, 4) is 5.75 Å². The van der Waals surface area contributed by atoms with E-state index in [-0.39, 0.29) is 5.75 Å². The van der Waals surface area contributed by atoms with Crippen molar-refractivity contribution in [2.75, 3.05) is 19.5 Å². The van der Waals surface area contributed by atoms with Gasteiger partial charge in [0, 0.05) is 19.4 Å². The summed E-state index contributed by atoms with van der Waals surface area (Å²) in [5.74, 6) is 0.649. The van der Waals surface area contributed by atoms with E-state index in [2.05, 4.69) is 4.98 Å². The van der Waals surface area contributed by atoms with Gasteiger partial charge in [-0.15, -0.1) is 0 Å². The van der Waals surface area contributed by atoms with E-state index >= 15 is 0 Å². The molecule has 1 aromatic heterocycles. The van der Waals surface area contributed by atoms with E-state index in [1.807, 2.05) is 0 Å². The maximum Gasteiger partial charge on any atom is 0.306 e. The van der Waals surface area contributed by atoms with Gasteiger partial charge in [-0.25, -0.2) is 0 Å². The molecule has 2 heterocycles. The molecule has 0 aromatic carbocycles. The van der Waals surface area contributed by atoms with Gasteiger partial charge in [0.1, 0.15) is 0 Å². The molecule has 1 aliphatic heterocycles. The second kappa shape index (κ2) is 5.01. The van der Waals surface area contributed by atoms with Gasteiger partial charge in [-0.3, -0.25) is 4.98 Å². The minimum absolute atomic E-state index is 0.275. The highest BCUT2D eigenvalue weighted by atomic mass is 32.2. The number of nitrogens with zero attached hydrogens (tertiary/aromatic N) is 1. The largest absolute Gasteiger partial charge is 0.381 e. The van der Waals surface area contributed by atoms with E-state index in [1.54, 1.807) is 12.3 Å². The van der Waals surface area contributed by atoms with Crippen LogP contribution >= 0.6 is 0 Å². The summed E-state index contributed by atoms with van der Waals surface area (Å²) in [4.78, 5) is 4.01. The summed E-state index contributed by atoms with van der Waals surface area (Å²) in [5.41, 5.74) is 1.01. The lowest BCUT2D eigenvalue weighted by Gasteiger charge is -2.22. The van der Waals surface area contributed by atoms with E-state index < -0.39 is 10.1 Å². The van der Waals surface area contributed by atoms with Gasteiger partial charge in [0.25, 0.3) is 0 Å². The van der Waals surface area contributed by atoms with Crippen molar-refractivity contribution in [1.29, 1.82) is 0 Å². The minimum atomic E-state index is -3.49. The van der Waals surface area contributed by atoms with Crippen LogP contribution in [0.15, 0.2) is 18.5 Å². The molecular weight excluding hydrogens is 242 g/mol. The Bertz CT molecular complexity index is 480. The van der Waals surface area contributed by atoms with E-state index in [1.165, 1.54) is 6.20 Å². The number of hydrogen-bond donors (Lipinski definition) is 0. The first-order valence-corrected chi connectivity index (χ1v) is 7.28. The molecule has 5 nitrogen and oxygen atoms in total. The lowest BCUT2D eigenvalue weighted by Crippen LogP contribution is -2.14. The van der Waals surface area contributed by atoms with Crippen molar-refractivity contribution in [2.24, 2.45) is 0 Å². The van der Waals surface area contributed by atoms with Crippen LogP contribution in [0.2, 0.25) is 0 Å². The minimum Gasteiger partial charge on any atom is -0.381 e. The Hall–Kier alpha value is -1.14. The molecule has 1 fully saturated rings. The molecule has 1 aromatic rings. The van der Waals surface area contributed by atoms with Gasteiger partial charge < -0.3 is 8.92 Å². The first-order valence-electron chi connectivity index (χ1n) is 5.47. The maximum atomic E-state index is 11.0. The molecule has 0 spiro atoms. The Morgan fingerprint density at radius 2 is 2.06 bits per heavy atom. The van der Waals surface area contributed by atoms with E-state index in [9.17, 15) is 8.42 Å². The summed E-state index contributed by atoms with van der Waals surface area (Å²) in [7, 11) is -3.49. The van der Waals surface area contributed by atoms with Crippen molar-refractivity contribution in [3.05, 3.63) is 24.0 Å². The standard InChI is InChI=1S/C11H15NO4S/c1-17(13,14)16-11-6-10(7-12-8-11)9-2-4-15-5-3-9/h6-9H,2-5H2,1H3. The quantitative estimate of drug-likeness (QED) is 0.764. The van der Waals surface area contributed by atoms with Gasteiger partial charge in [0.15, 0.2) is 5.75 Å². The summed E-state index contributed by atoms with van der Waals surface area (Å²) < 4.78 is 32.1. The zero-order valence-corrected chi connectivity index (χ0v) is 10.4. The third kappa shape index (κ3) is 3.67. The molecule has 0 N–H and O–H groups in total. The van der Waals surface area contributed by atoms with Gasteiger partial charge in [0.2, 0.25) is 0 Å². The molecular formula is C11H15NO4S. The summed E-state index contributed by atoms with van der Waals surface area (Å²) in [6.07, 6.45) is 6.05. The molecule has 0 atom stereocenters. The lowest BCUT2D eigenvalue weighted by molar-refractivity contribution is 0.0852. The van der Waals surface area contributed by atoms with Crippen LogP contribution in [0.3, 0.4) is 0 Å². The van der Waals surface area contributed by atoms with Gasteiger partial charge in [-0.2, -0.15) is 8.42 Å². The molecule has 1 aliphatic rings. The number of aromatic nitrogens is 1. The molecule has 0 unspecified atom stereocenters. The summed E-state index contributed by atoms with van der Waals surface area (Å²) in [5, 5.41) is 0. The van der Waals surface area contributed by atoms with Gasteiger partial charge in [-0.1, -0.05) is 0 Å². The van der Waals surface area contributed by atoms with E-state index in [0.717, 1.165) is 37.9 Å². The molecule has 94 valence electrons. The van der Waals surface area contributed by atoms with Crippen LogP contribution in [0.5, 0.6) is 5.75 Å². The maximum absolute atomic E-state index is 11.0. The predicted molar refractivity (Wildman–Crippen MR) is 62.5 cm³/mol. The average Bonchev–Trinajstić information content (AvgIpc) is 2.28. The third-order valence-corrected chi connectivity index (χ3v) is 3.17. The van der Waals surface area contributed by atoms with Crippen LogP contribution in [-0.4, -0.2) is 32.9 Å². The predicted octanol–water partition coefficient (Wildman–Crippen LogP) is 1.31. The van der Waals surface area contributed by atoms with Gasteiger partial charge in [0.05, 0.1) is 12.5 Å². The topological polar surface area (TPSA) is 65.5 Å². The second-order valence-electron chi connectivity index (χ2n) is 4.13. The molecule has 1 saturated heterocycles. The third-order valence-electron chi connectivity index (χ3n) is 2.67. The van der Waals surface area contributed by atoms with E-state index in [0.29, 0.717) is 5.92 Å². The fourth-order valence-electron chi connectivity index (χ4n) is 1.91. The van der Waals surface area contributed by atoms with E-state index in [4.69, 9.17) is 8.92 Å². The zero-order valence-electron chi connectivity index (χ0n) is 9.63. The number of pyridine rings is 1. The molecule has 0 bridgehead atoms. The van der Waals surface area contributed by atoms with Crippen molar-refractivity contribution >= 4 is 10.1 Å². The lowest BCUT2D eigenvalue weighted by atomic mass is 9.93. The highest BCUT2D eigenvalue weighted by Gasteiger charge is 2.17. The smallest absolute Gasteiger partial charge is 0.306 e. The normalized spacial score (nSPS) is 17.9. The van der Waals surface area contributed by atoms with Crippen LogP contribution < -0.4 is 4.18 Å². The number of rotatable bonds is 3. The molecule has 0 aliphatic carbocycles. The molecule has 0 saturated carbocycles. The summed E-state index contributed by atoms with van der Waals surface area (Å²) in [6.45, 7) is 1.48. The fourth-order valence-corrected chi connectivity index (χ4v) is 2.35. The summed E-state index contributed by atoms with van der Waals surface area (Å²) in [6, 6.07) is 1.74. The number of ether oxygens (including phenoxy) is 1. The van der Waals surface area contributed by atoms with Crippen molar-refractivity contribution < 1.29 is 17.3 Å². The Morgan fingerprint density at radius 1 is 1.35 bits per heavy atom. The van der Waals surface area contributed by atoms with Crippen LogP contribution in [-0.2, 0) is 14.9 Å². The average molecular weight is 257 g/mol. The van der Waals surface area contributed by atoms with Crippen LogP contribution in [0.1, 0.15) is 24.3 Å².